The molecule has 1 unspecified atom stereocenters. The van der Waals surface area contributed by atoms with Gasteiger partial charge in [0.1, 0.15) is 5.82 Å². The lowest BCUT2D eigenvalue weighted by molar-refractivity contribution is -0.141. The van der Waals surface area contributed by atoms with Gasteiger partial charge in [-0.2, -0.15) is 29.9 Å². The molecule has 0 spiro atoms. The lowest BCUT2D eigenvalue weighted by Crippen LogP contribution is -2.30. The molecule has 1 rings (SSSR count). The minimum atomic E-state index is -4.52. The molecule has 0 aliphatic carbocycles. The molecule has 0 saturated carbocycles. The minimum absolute atomic E-state index is 0.0721. The maximum Gasteiger partial charge on any atom is 0.433 e. The highest BCUT2D eigenvalue weighted by Crippen LogP contribution is 2.30. The quantitative estimate of drug-likeness (QED) is 0.905. The zero-order chi connectivity index (χ0) is 14.6. The van der Waals surface area contributed by atoms with Crippen molar-refractivity contribution in [2.75, 3.05) is 29.7 Å². The highest BCUT2D eigenvalue weighted by molar-refractivity contribution is 7.98. The van der Waals surface area contributed by atoms with E-state index in [0.29, 0.717) is 0 Å². The molecule has 1 heterocycles. The van der Waals surface area contributed by atoms with Crippen LogP contribution in [-0.2, 0) is 6.18 Å². The van der Waals surface area contributed by atoms with Gasteiger partial charge in [0.15, 0.2) is 5.69 Å². The summed E-state index contributed by atoms with van der Waals surface area (Å²) in [4.78, 5) is 8.77. The highest BCUT2D eigenvalue weighted by Gasteiger charge is 2.34. The molecule has 1 atom stereocenters. The van der Waals surface area contributed by atoms with Gasteiger partial charge in [-0.25, -0.2) is 4.98 Å². The van der Waals surface area contributed by atoms with E-state index in [0.717, 1.165) is 18.2 Å². The molecule has 0 bridgehead atoms. The summed E-state index contributed by atoms with van der Waals surface area (Å²) in [5.74, 6) is 0.750. The van der Waals surface area contributed by atoms with Crippen molar-refractivity contribution in [3.05, 3.63) is 11.8 Å². The van der Waals surface area contributed by atoms with Gasteiger partial charge in [-0.1, -0.05) is 0 Å². The first-order chi connectivity index (χ1) is 8.75. The van der Waals surface area contributed by atoms with Crippen LogP contribution >= 0.6 is 11.8 Å². The Balaban J connectivity index is 2.97. The Morgan fingerprint density at radius 3 is 2.58 bits per heavy atom. The van der Waals surface area contributed by atoms with Crippen LogP contribution in [-0.4, -0.2) is 35.1 Å². The second kappa shape index (κ2) is 6.31. The van der Waals surface area contributed by atoms with E-state index < -0.39 is 11.9 Å². The first-order valence-electron chi connectivity index (χ1n) is 5.69. The average Bonchev–Trinajstić information content (AvgIpc) is 2.33. The second-order valence-electron chi connectivity index (χ2n) is 4.21. The molecular weight excluding hydrogens is 277 g/mol. The molecule has 108 valence electrons. The van der Waals surface area contributed by atoms with Crippen LogP contribution in [0, 0.1) is 0 Å². The van der Waals surface area contributed by atoms with Crippen LogP contribution in [0.25, 0.3) is 0 Å². The number of nitrogens with zero attached hydrogens (tertiary/aromatic N) is 3. The lowest BCUT2D eigenvalue weighted by Gasteiger charge is -2.26. The van der Waals surface area contributed by atoms with E-state index in [4.69, 9.17) is 5.73 Å². The van der Waals surface area contributed by atoms with Gasteiger partial charge in [0, 0.05) is 19.2 Å². The smallest absolute Gasteiger partial charge is 0.368 e. The van der Waals surface area contributed by atoms with Crippen LogP contribution in [0.15, 0.2) is 6.07 Å². The number of halogens is 3. The fourth-order valence-electron chi connectivity index (χ4n) is 1.49. The van der Waals surface area contributed by atoms with Gasteiger partial charge < -0.3 is 10.6 Å². The van der Waals surface area contributed by atoms with Crippen LogP contribution in [0.2, 0.25) is 0 Å². The summed E-state index contributed by atoms with van der Waals surface area (Å²) in [6, 6.07) is 0.995. The van der Waals surface area contributed by atoms with Crippen molar-refractivity contribution in [3.63, 3.8) is 0 Å². The number of hydrogen-bond acceptors (Lipinski definition) is 5. The molecule has 0 aliphatic rings. The maximum atomic E-state index is 12.6. The van der Waals surface area contributed by atoms with Crippen molar-refractivity contribution in [2.24, 2.45) is 0 Å². The Morgan fingerprint density at radius 2 is 2.05 bits per heavy atom. The molecule has 8 heteroatoms. The number of aromatic nitrogens is 2. The summed E-state index contributed by atoms with van der Waals surface area (Å²) in [6.07, 6.45) is -1.69. The molecular formula is C11H17F3N4S. The summed E-state index contributed by atoms with van der Waals surface area (Å²) in [5.41, 5.74) is 4.33. The molecule has 1 aromatic rings. The summed E-state index contributed by atoms with van der Waals surface area (Å²) in [5, 5.41) is 0. The van der Waals surface area contributed by atoms with E-state index in [1.165, 1.54) is 0 Å². The van der Waals surface area contributed by atoms with Crippen molar-refractivity contribution in [2.45, 2.75) is 25.6 Å². The third kappa shape index (κ3) is 4.45. The topological polar surface area (TPSA) is 55.0 Å². The summed E-state index contributed by atoms with van der Waals surface area (Å²) in [7, 11) is 1.70. The highest BCUT2D eigenvalue weighted by atomic mass is 32.2. The van der Waals surface area contributed by atoms with Crippen molar-refractivity contribution in [1.29, 1.82) is 0 Å². The number of thioether (sulfide) groups is 1. The van der Waals surface area contributed by atoms with Gasteiger partial charge in [0.05, 0.1) is 0 Å². The fraction of sp³-hybridized carbons (Fsp3) is 0.636. The van der Waals surface area contributed by atoms with Gasteiger partial charge in [-0.3, -0.25) is 0 Å². The molecule has 0 aromatic carbocycles. The van der Waals surface area contributed by atoms with Crippen molar-refractivity contribution < 1.29 is 13.2 Å². The molecule has 2 N–H and O–H groups in total. The van der Waals surface area contributed by atoms with E-state index in [1.54, 1.807) is 23.7 Å². The SMILES string of the molecule is CSCCC(C)N(C)c1cc(C(F)(F)F)nc(N)n1. The number of alkyl halides is 3. The molecule has 0 radical (unpaired) electrons. The van der Waals surface area contributed by atoms with E-state index in [2.05, 4.69) is 9.97 Å². The van der Waals surface area contributed by atoms with Crippen LogP contribution in [0.5, 0.6) is 0 Å². The predicted octanol–water partition coefficient (Wildman–Crippen LogP) is 2.66. The van der Waals surface area contributed by atoms with Crippen LogP contribution in [0.4, 0.5) is 24.9 Å². The van der Waals surface area contributed by atoms with Gasteiger partial charge in [0.25, 0.3) is 0 Å². The van der Waals surface area contributed by atoms with Gasteiger partial charge in [-0.15, -0.1) is 0 Å². The number of hydrogen-bond donors (Lipinski definition) is 1. The number of nitrogen functional groups attached to an aromatic ring is 1. The van der Waals surface area contributed by atoms with Gasteiger partial charge in [-0.05, 0) is 25.4 Å². The predicted molar refractivity (Wildman–Crippen MR) is 72.3 cm³/mol. The van der Waals surface area contributed by atoms with Gasteiger partial charge in [0.2, 0.25) is 5.95 Å². The number of anilines is 2. The third-order valence-corrected chi connectivity index (χ3v) is 3.43. The second-order valence-corrected chi connectivity index (χ2v) is 5.19. The lowest BCUT2D eigenvalue weighted by atomic mass is 10.2. The van der Waals surface area contributed by atoms with Gasteiger partial charge >= 0.3 is 6.18 Å². The zero-order valence-corrected chi connectivity index (χ0v) is 11.8. The zero-order valence-electron chi connectivity index (χ0n) is 11.0. The van der Waals surface area contributed by atoms with E-state index in [1.807, 2.05) is 13.2 Å². The molecule has 4 nitrogen and oxygen atoms in total. The number of nitrogens with two attached hydrogens (primary N) is 1. The largest absolute Gasteiger partial charge is 0.433 e. The summed E-state index contributed by atoms with van der Waals surface area (Å²) >= 11 is 1.69. The molecule has 1 aromatic heterocycles. The standard InChI is InChI=1S/C11H17F3N4S/c1-7(4-5-19-3)18(2)9-6-8(11(12,13)14)16-10(15)17-9/h6-7H,4-5H2,1-3H3,(H2,15,16,17). The normalized spacial score (nSPS) is 13.4. The number of rotatable bonds is 5. The first-order valence-corrected chi connectivity index (χ1v) is 7.08. The Bertz CT molecular complexity index is 425. The Morgan fingerprint density at radius 1 is 1.42 bits per heavy atom. The first kappa shape index (κ1) is 15.9. The molecule has 19 heavy (non-hydrogen) atoms. The summed E-state index contributed by atoms with van der Waals surface area (Å²) < 4.78 is 37.9. The van der Waals surface area contributed by atoms with Crippen LogP contribution in [0.3, 0.4) is 0 Å². The molecule has 0 aliphatic heterocycles. The van der Waals surface area contributed by atoms with Crippen molar-refractivity contribution in [1.82, 2.24) is 9.97 Å². The minimum Gasteiger partial charge on any atom is -0.368 e. The van der Waals surface area contributed by atoms with E-state index >= 15 is 0 Å². The van der Waals surface area contributed by atoms with E-state index in [-0.39, 0.29) is 17.8 Å². The van der Waals surface area contributed by atoms with Crippen molar-refractivity contribution >= 4 is 23.5 Å². The average molecular weight is 294 g/mol. The Labute approximate surface area is 114 Å². The maximum absolute atomic E-state index is 12.6. The van der Waals surface area contributed by atoms with Crippen LogP contribution < -0.4 is 10.6 Å². The fourth-order valence-corrected chi connectivity index (χ4v) is 2.06. The summed E-state index contributed by atoms with van der Waals surface area (Å²) in [6.45, 7) is 1.93. The third-order valence-electron chi connectivity index (χ3n) is 2.78. The Kier molecular flexibility index (Phi) is 5.28. The monoisotopic (exact) mass is 294 g/mol. The molecule has 0 fully saturated rings. The van der Waals surface area contributed by atoms with Crippen LogP contribution in [0.1, 0.15) is 19.0 Å². The molecule has 0 saturated heterocycles. The van der Waals surface area contributed by atoms with Crippen molar-refractivity contribution in [3.8, 4) is 0 Å². The molecule has 0 amide bonds. The Hall–Kier alpha value is -1.18. The van der Waals surface area contributed by atoms with E-state index in [9.17, 15) is 13.2 Å².